The van der Waals surface area contributed by atoms with Gasteiger partial charge < -0.3 is 10.2 Å². The van der Waals surface area contributed by atoms with E-state index in [0.29, 0.717) is 12.3 Å². The summed E-state index contributed by atoms with van der Waals surface area (Å²) in [5, 5.41) is 5.39. The summed E-state index contributed by atoms with van der Waals surface area (Å²) >= 11 is 5.12. The van der Waals surface area contributed by atoms with Crippen LogP contribution in [0.4, 0.5) is 0 Å². The van der Waals surface area contributed by atoms with Crippen molar-refractivity contribution in [2.24, 2.45) is 5.92 Å². The van der Waals surface area contributed by atoms with Gasteiger partial charge in [-0.25, -0.2) is 0 Å². The highest BCUT2D eigenvalue weighted by Crippen LogP contribution is 2.21. The van der Waals surface area contributed by atoms with Crippen molar-refractivity contribution in [2.45, 2.75) is 25.8 Å². The lowest BCUT2D eigenvalue weighted by Crippen LogP contribution is -2.26. The van der Waals surface area contributed by atoms with Crippen molar-refractivity contribution < 1.29 is 4.79 Å². The number of rotatable bonds is 5. The van der Waals surface area contributed by atoms with Crippen LogP contribution in [0, 0.1) is 5.92 Å². The van der Waals surface area contributed by atoms with E-state index in [9.17, 15) is 4.79 Å². The topological polar surface area (TPSA) is 32.3 Å². The van der Waals surface area contributed by atoms with E-state index in [1.807, 2.05) is 11.9 Å². The molecule has 100 valence electrons. The van der Waals surface area contributed by atoms with Gasteiger partial charge in [0.15, 0.2) is 0 Å². The predicted octanol–water partition coefficient (Wildman–Crippen LogP) is 2.86. The first-order chi connectivity index (χ1) is 8.65. The first-order valence-corrected chi connectivity index (χ1v) is 8.00. The Morgan fingerprint density at radius 2 is 2.50 bits per heavy atom. The Balaban J connectivity index is 1.74. The van der Waals surface area contributed by atoms with Crippen molar-refractivity contribution in [2.75, 3.05) is 20.1 Å². The first-order valence-electron chi connectivity index (χ1n) is 6.32. The fraction of sp³-hybridized carbons (Fsp3) is 0.615. The van der Waals surface area contributed by atoms with Crippen LogP contribution in [-0.2, 0) is 11.3 Å². The quantitative estimate of drug-likeness (QED) is 0.900. The molecule has 3 nitrogen and oxygen atoms in total. The average molecular weight is 331 g/mol. The van der Waals surface area contributed by atoms with Gasteiger partial charge in [0, 0.05) is 28.2 Å². The molecule has 1 aromatic heterocycles. The molecule has 2 heterocycles. The molecule has 0 radical (unpaired) electrons. The molecule has 1 amide bonds. The van der Waals surface area contributed by atoms with Gasteiger partial charge >= 0.3 is 0 Å². The smallest absolute Gasteiger partial charge is 0.222 e. The minimum atomic E-state index is 0.256. The fourth-order valence-electron chi connectivity index (χ4n) is 2.24. The molecule has 1 aliphatic rings. The molecule has 1 unspecified atom stereocenters. The number of carbonyl (C=O) groups excluding carboxylic acids is 1. The Morgan fingerprint density at radius 1 is 1.67 bits per heavy atom. The van der Waals surface area contributed by atoms with Crippen molar-refractivity contribution in [3.63, 3.8) is 0 Å². The lowest BCUT2D eigenvalue weighted by molar-refractivity contribution is -0.130. The maximum absolute atomic E-state index is 12.0. The van der Waals surface area contributed by atoms with E-state index in [-0.39, 0.29) is 5.91 Å². The van der Waals surface area contributed by atoms with Gasteiger partial charge in [-0.2, -0.15) is 0 Å². The fourth-order valence-corrected chi connectivity index (χ4v) is 3.74. The summed E-state index contributed by atoms with van der Waals surface area (Å²) in [7, 11) is 1.89. The number of carbonyl (C=O) groups is 1. The van der Waals surface area contributed by atoms with Crippen LogP contribution in [0.1, 0.15) is 24.1 Å². The minimum Gasteiger partial charge on any atom is -0.341 e. The Bertz CT molecular complexity index is 401. The molecule has 0 aliphatic carbocycles. The molecule has 1 aliphatic heterocycles. The maximum atomic E-state index is 12.0. The molecule has 5 heteroatoms. The van der Waals surface area contributed by atoms with Crippen molar-refractivity contribution in [1.82, 2.24) is 10.2 Å². The second kappa shape index (κ2) is 6.68. The molecule has 2 rings (SSSR count). The monoisotopic (exact) mass is 330 g/mol. The molecule has 1 saturated heterocycles. The summed E-state index contributed by atoms with van der Waals surface area (Å²) in [5.41, 5.74) is 0. The van der Waals surface area contributed by atoms with E-state index in [0.717, 1.165) is 30.5 Å². The molecule has 1 atom stereocenters. The van der Waals surface area contributed by atoms with Crippen molar-refractivity contribution in [3.05, 3.63) is 20.8 Å². The van der Waals surface area contributed by atoms with Crippen LogP contribution in [0.15, 0.2) is 15.9 Å². The van der Waals surface area contributed by atoms with Crippen LogP contribution in [0.2, 0.25) is 0 Å². The molecule has 0 spiro atoms. The van der Waals surface area contributed by atoms with Gasteiger partial charge in [-0.15, -0.1) is 11.3 Å². The van der Waals surface area contributed by atoms with E-state index in [1.54, 1.807) is 11.3 Å². The summed E-state index contributed by atoms with van der Waals surface area (Å²) < 4.78 is 1.10. The molecule has 1 N–H and O–H groups in total. The van der Waals surface area contributed by atoms with Gasteiger partial charge in [0.2, 0.25) is 5.91 Å². The van der Waals surface area contributed by atoms with E-state index in [2.05, 4.69) is 32.7 Å². The van der Waals surface area contributed by atoms with Crippen molar-refractivity contribution in [3.8, 4) is 0 Å². The number of hydrogen-bond acceptors (Lipinski definition) is 3. The van der Waals surface area contributed by atoms with Gasteiger partial charge in [-0.3, -0.25) is 4.79 Å². The Morgan fingerprint density at radius 3 is 3.11 bits per heavy atom. The van der Waals surface area contributed by atoms with Gasteiger partial charge in [-0.05, 0) is 53.8 Å². The third-order valence-corrected chi connectivity index (χ3v) is 5.05. The summed E-state index contributed by atoms with van der Waals surface area (Å²) in [6, 6.07) is 2.08. The second-order valence-electron chi connectivity index (χ2n) is 4.88. The number of hydrogen-bond donors (Lipinski definition) is 1. The highest BCUT2D eigenvalue weighted by atomic mass is 79.9. The van der Waals surface area contributed by atoms with Gasteiger partial charge in [0.1, 0.15) is 0 Å². The molecule has 0 aromatic carbocycles. The summed E-state index contributed by atoms with van der Waals surface area (Å²) in [6.45, 7) is 2.91. The summed E-state index contributed by atoms with van der Waals surface area (Å²) in [6.07, 6.45) is 2.91. The van der Waals surface area contributed by atoms with Crippen LogP contribution in [0.25, 0.3) is 0 Å². The maximum Gasteiger partial charge on any atom is 0.222 e. The number of thiophene rings is 1. The van der Waals surface area contributed by atoms with Gasteiger partial charge in [-0.1, -0.05) is 0 Å². The van der Waals surface area contributed by atoms with E-state index < -0.39 is 0 Å². The van der Waals surface area contributed by atoms with E-state index in [4.69, 9.17) is 0 Å². The zero-order valence-electron chi connectivity index (χ0n) is 10.6. The molecule has 18 heavy (non-hydrogen) atoms. The van der Waals surface area contributed by atoms with Gasteiger partial charge in [0.25, 0.3) is 0 Å². The van der Waals surface area contributed by atoms with Crippen LogP contribution in [-0.4, -0.2) is 30.9 Å². The lowest BCUT2D eigenvalue weighted by Gasteiger charge is -2.17. The number of halogens is 1. The van der Waals surface area contributed by atoms with Crippen LogP contribution >= 0.6 is 27.3 Å². The normalized spacial score (nSPS) is 19.1. The average Bonchev–Trinajstić information content (AvgIpc) is 2.97. The van der Waals surface area contributed by atoms with E-state index >= 15 is 0 Å². The molecule has 0 saturated carbocycles. The highest BCUT2D eigenvalue weighted by Gasteiger charge is 2.17. The minimum absolute atomic E-state index is 0.256. The number of nitrogens with zero attached hydrogens (tertiary/aromatic N) is 1. The SMILES string of the molecule is CN(Cc1cc(Br)cs1)C(=O)CCC1CCNC1. The summed E-state index contributed by atoms with van der Waals surface area (Å²) in [4.78, 5) is 15.1. The van der Waals surface area contributed by atoms with Crippen molar-refractivity contribution in [1.29, 1.82) is 0 Å². The zero-order chi connectivity index (χ0) is 13.0. The third-order valence-electron chi connectivity index (χ3n) is 3.37. The molecule has 0 bridgehead atoms. The number of nitrogens with one attached hydrogen (secondary N) is 1. The van der Waals surface area contributed by atoms with Crippen LogP contribution in [0.5, 0.6) is 0 Å². The second-order valence-corrected chi connectivity index (χ2v) is 6.79. The first kappa shape index (κ1) is 14.0. The molecular weight excluding hydrogens is 312 g/mol. The molecule has 1 fully saturated rings. The molecule has 1 aromatic rings. The Labute approximate surface area is 121 Å². The largest absolute Gasteiger partial charge is 0.341 e. The predicted molar refractivity (Wildman–Crippen MR) is 78.7 cm³/mol. The number of amides is 1. The van der Waals surface area contributed by atoms with Gasteiger partial charge in [0.05, 0.1) is 6.54 Å². The van der Waals surface area contributed by atoms with Crippen LogP contribution < -0.4 is 5.32 Å². The van der Waals surface area contributed by atoms with Crippen LogP contribution in [0.3, 0.4) is 0 Å². The standard InChI is InChI=1S/C13H19BrN2OS/c1-16(8-12-6-11(14)9-18-12)13(17)3-2-10-4-5-15-7-10/h6,9-10,15H,2-5,7-8H2,1H3. The highest BCUT2D eigenvalue weighted by molar-refractivity contribution is 9.10. The molecular formula is C13H19BrN2OS. The van der Waals surface area contributed by atoms with Crippen molar-refractivity contribution >= 4 is 33.2 Å². The Hall–Kier alpha value is -0.390. The lowest BCUT2D eigenvalue weighted by atomic mass is 10.0. The Kier molecular flexibility index (Phi) is 5.21. The van der Waals surface area contributed by atoms with E-state index in [1.165, 1.54) is 11.3 Å². The zero-order valence-corrected chi connectivity index (χ0v) is 13.0. The third kappa shape index (κ3) is 4.07. The summed E-state index contributed by atoms with van der Waals surface area (Å²) in [5.74, 6) is 0.949.